The smallest absolute Gasteiger partial charge is 0.00259 e. The van der Waals surface area contributed by atoms with Crippen molar-refractivity contribution in [2.75, 3.05) is 0 Å². The van der Waals surface area contributed by atoms with Crippen LogP contribution in [0.3, 0.4) is 0 Å². The van der Waals surface area contributed by atoms with E-state index in [1.165, 1.54) is 109 Å². The number of benzene rings is 11. The van der Waals surface area contributed by atoms with Crippen LogP contribution in [0.2, 0.25) is 0 Å². The summed E-state index contributed by atoms with van der Waals surface area (Å²) in [6.45, 7) is 0. The van der Waals surface area contributed by atoms with E-state index in [0.29, 0.717) is 0 Å². The summed E-state index contributed by atoms with van der Waals surface area (Å²) in [5.41, 5.74) is 12.2. The van der Waals surface area contributed by atoms with E-state index in [0.717, 1.165) is 0 Å². The molecule has 0 radical (unpaired) electrons. The maximum Gasteiger partial charge on any atom is -0.00259 e. The quantitative estimate of drug-likeness (QED) is 0.156. The minimum Gasteiger partial charge on any atom is -0.0622 e. The van der Waals surface area contributed by atoms with Crippen LogP contribution in [0.15, 0.2) is 218 Å². The van der Waals surface area contributed by atoms with Gasteiger partial charge in [0.25, 0.3) is 0 Å². The maximum absolute atomic E-state index is 2.44. The lowest BCUT2D eigenvalue weighted by atomic mass is 9.83. The average Bonchev–Trinajstić information content (AvgIpc) is 3.27. The molecule has 0 saturated carbocycles. The number of fused-ring (bicyclic) bond motifs is 5. The van der Waals surface area contributed by atoms with E-state index in [9.17, 15) is 0 Å². The van der Waals surface area contributed by atoms with Crippen molar-refractivity contribution in [2.45, 2.75) is 0 Å². The summed E-state index contributed by atoms with van der Waals surface area (Å²) in [5.74, 6) is 0. The molecule has 0 fully saturated rings. The van der Waals surface area contributed by atoms with Gasteiger partial charge >= 0.3 is 0 Å². The van der Waals surface area contributed by atoms with Gasteiger partial charge in [0.15, 0.2) is 0 Å². The van der Waals surface area contributed by atoms with E-state index in [-0.39, 0.29) is 0 Å². The molecule has 0 aliphatic heterocycles. The minimum absolute atomic E-state index is 1.20. The first-order valence-electron chi connectivity index (χ1n) is 19.4. The van der Waals surface area contributed by atoms with Crippen LogP contribution in [0.25, 0.3) is 109 Å². The Morgan fingerprint density at radius 2 is 0.661 bits per heavy atom. The Labute approximate surface area is 326 Å². The van der Waals surface area contributed by atoms with Crippen molar-refractivity contribution in [3.05, 3.63) is 218 Å². The van der Waals surface area contributed by atoms with Crippen LogP contribution in [0, 0.1) is 0 Å². The maximum atomic E-state index is 2.44. The van der Waals surface area contributed by atoms with Gasteiger partial charge in [0.1, 0.15) is 0 Å². The Bertz CT molecular complexity index is 3290. The molecule has 11 aromatic carbocycles. The SMILES string of the molecule is c1ccc(-c2cc(-c3cccc4ccccc34)cc(-c3c4ccccc4c(-c4ccc5ccccc5c4)c4cc(-c5ccc6ccccc6c5)ccc34)c2)cc1. The fourth-order valence-electron chi connectivity index (χ4n) is 8.90. The van der Waals surface area contributed by atoms with Crippen molar-refractivity contribution >= 4 is 53.9 Å². The summed E-state index contributed by atoms with van der Waals surface area (Å²) in [6.07, 6.45) is 0. The van der Waals surface area contributed by atoms with Crippen LogP contribution in [-0.4, -0.2) is 0 Å². The predicted octanol–water partition coefficient (Wildman–Crippen LogP) is 15.8. The lowest BCUT2D eigenvalue weighted by molar-refractivity contribution is 1.59. The van der Waals surface area contributed by atoms with Crippen LogP contribution in [0.5, 0.6) is 0 Å². The highest BCUT2D eigenvalue weighted by Crippen LogP contribution is 2.47. The first kappa shape index (κ1) is 32.2. The Morgan fingerprint density at radius 1 is 0.179 bits per heavy atom. The zero-order valence-electron chi connectivity index (χ0n) is 30.8. The molecular formula is C56H36. The van der Waals surface area contributed by atoms with Gasteiger partial charge in [-0.05, 0) is 146 Å². The average molecular weight is 709 g/mol. The van der Waals surface area contributed by atoms with E-state index in [1.807, 2.05) is 0 Å². The molecule has 0 aromatic heterocycles. The molecular weight excluding hydrogens is 673 g/mol. The van der Waals surface area contributed by atoms with Crippen LogP contribution < -0.4 is 0 Å². The molecule has 0 aliphatic carbocycles. The second kappa shape index (κ2) is 13.2. The fourth-order valence-corrected chi connectivity index (χ4v) is 8.90. The largest absolute Gasteiger partial charge is 0.0622 e. The summed E-state index contributed by atoms with van der Waals surface area (Å²) >= 11 is 0. The van der Waals surface area contributed by atoms with Gasteiger partial charge < -0.3 is 0 Å². The third-order valence-electron chi connectivity index (χ3n) is 11.6. The molecule has 0 heterocycles. The Balaban J connectivity index is 1.24. The summed E-state index contributed by atoms with van der Waals surface area (Å²) in [7, 11) is 0. The molecule has 0 amide bonds. The van der Waals surface area contributed by atoms with Crippen molar-refractivity contribution in [3.63, 3.8) is 0 Å². The van der Waals surface area contributed by atoms with E-state index >= 15 is 0 Å². The Hall–Kier alpha value is -7.28. The van der Waals surface area contributed by atoms with Crippen molar-refractivity contribution in [1.82, 2.24) is 0 Å². The molecule has 0 nitrogen and oxygen atoms in total. The van der Waals surface area contributed by atoms with E-state index in [4.69, 9.17) is 0 Å². The monoisotopic (exact) mass is 708 g/mol. The van der Waals surface area contributed by atoms with E-state index < -0.39 is 0 Å². The minimum atomic E-state index is 1.20. The lowest BCUT2D eigenvalue weighted by Gasteiger charge is -2.20. The highest BCUT2D eigenvalue weighted by Gasteiger charge is 2.20. The summed E-state index contributed by atoms with van der Waals surface area (Å²) < 4.78 is 0. The summed E-state index contributed by atoms with van der Waals surface area (Å²) in [4.78, 5) is 0. The van der Waals surface area contributed by atoms with Crippen LogP contribution >= 0.6 is 0 Å². The van der Waals surface area contributed by atoms with Crippen molar-refractivity contribution in [3.8, 4) is 55.6 Å². The van der Waals surface area contributed by atoms with Gasteiger partial charge in [0.05, 0.1) is 0 Å². The molecule has 56 heavy (non-hydrogen) atoms. The topological polar surface area (TPSA) is 0 Å². The standard InChI is InChI=1S/C56H36/c1-2-13-37(14-3-1)46-33-47(50-24-12-20-40-17-8-9-21-49(40)50)35-48(34-46)56-52-23-11-10-22-51(52)55(45-28-26-39-16-5-7-19-42(39)32-45)54-36-44(29-30-53(54)56)43-27-25-38-15-4-6-18-41(38)31-43/h1-36H. The lowest BCUT2D eigenvalue weighted by Crippen LogP contribution is -1.93. The van der Waals surface area contributed by atoms with Gasteiger partial charge in [-0.3, -0.25) is 0 Å². The van der Waals surface area contributed by atoms with Crippen LogP contribution in [0.1, 0.15) is 0 Å². The molecule has 11 aromatic rings. The Kier molecular flexibility index (Phi) is 7.60. The molecule has 0 atom stereocenters. The third kappa shape index (κ3) is 5.46. The highest BCUT2D eigenvalue weighted by molar-refractivity contribution is 6.22. The number of hydrogen-bond acceptors (Lipinski definition) is 0. The molecule has 0 unspecified atom stereocenters. The van der Waals surface area contributed by atoms with Crippen molar-refractivity contribution in [2.24, 2.45) is 0 Å². The van der Waals surface area contributed by atoms with Gasteiger partial charge in [0, 0.05) is 0 Å². The number of hydrogen-bond donors (Lipinski definition) is 0. The molecule has 0 N–H and O–H groups in total. The molecule has 11 rings (SSSR count). The molecule has 0 aliphatic rings. The first-order chi connectivity index (χ1) is 27.7. The van der Waals surface area contributed by atoms with Gasteiger partial charge in [-0.1, -0.05) is 182 Å². The number of rotatable bonds is 5. The van der Waals surface area contributed by atoms with E-state index in [2.05, 4.69) is 218 Å². The van der Waals surface area contributed by atoms with Gasteiger partial charge in [-0.25, -0.2) is 0 Å². The molecule has 0 heteroatoms. The molecule has 0 bridgehead atoms. The van der Waals surface area contributed by atoms with Gasteiger partial charge in [-0.2, -0.15) is 0 Å². The normalized spacial score (nSPS) is 11.6. The molecule has 0 spiro atoms. The predicted molar refractivity (Wildman–Crippen MR) is 241 cm³/mol. The third-order valence-corrected chi connectivity index (χ3v) is 11.6. The first-order valence-corrected chi connectivity index (χ1v) is 19.4. The van der Waals surface area contributed by atoms with Gasteiger partial charge in [-0.15, -0.1) is 0 Å². The van der Waals surface area contributed by atoms with Crippen molar-refractivity contribution in [1.29, 1.82) is 0 Å². The van der Waals surface area contributed by atoms with Crippen LogP contribution in [-0.2, 0) is 0 Å². The second-order valence-electron chi connectivity index (χ2n) is 14.9. The van der Waals surface area contributed by atoms with Crippen LogP contribution in [0.4, 0.5) is 0 Å². The summed E-state index contributed by atoms with van der Waals surface area (Å²) in [6, 6.07) is 80.6. The van der Waals surface area contributed by atoms with E-state index in [1.54, 1.807) is 0 Å². The fraction of sp³-hybridized carbons (Fsp3) is 0. The molecule has 260 valence electrons. The van der Waals surface area contributed by atoms with Gasteiger partial charge in [0.2, 0.25) is 0 Å². The highest BCUT2D eigenvalue weighted by atomic mass is 14.2. The second-order valence-corrected chi connectivity index (χ2v) is 14.9. The zero-order valence-corrected chi connectivity index (χ0v) is 30.8. The summed E-state index contributed by atoms with van der Waals surface area (Å²) in [5, 5.41) is 12.5. The Morgan fingerprint density at radius 3 is 1.39 bits per heavy atom. The zero-order chi connectivity index (χ0) is 37.0. The molecule has 0 saturated heterocycles. The van der Waals surface area contributed by atoms with Crippen molar-refractivity contribution < 1.29 is 0 Å².